The second kappa shape index (κ2) is 7.53. The van der Waals surface area contributed by atoms with E-state index in [4.69, 9.17) is 11.5 Å². The van der Waals surface area contributed by atoms with Crippen LogP contribution in [0.5, 0.6) is 0 Å². The number of hydrogen-bond acceptors (Lipinski definition) is 3. The summed E-state index contributed by atoms with van der Waals surface area (Å²) in [5.41, 5.74) is 11.0. The summed E-state index contributed by atoms with van der Waals surface area (Å²) in [4.78, 5) is 0. The Labute approximate surface area is 75.9 Å². The summed E-state index contributed by atoms with van der Waals surface area (Å²) >= 11 is 0. The molecule has 0 saturated heterocycles. The average Bonchev–Trinajstić information content (AvgIpc) is 2.01. The van der Waals surface area contributed by atoms with E-state index >= 15 is 0 Å². The highest BCUT2D eigenvalue weighted by molar-refractivity contribution is 4.64. The van der Waals surface area contributed by atoms with Gasteiger partial charge in [-0.25, -0.2) is 0 Å². The molecule has 5 N–H and O–H groups in total. The van der Waals surface area contributed by atoms with Crippen LogP contribution in [0.15, 0.2) is 0 Å². The van der Waals surface area contributed by atoms with Crippen LogP contribution in [0.25, 0.3) is 0 Å². The van der Waals surface area contributed by atoms with Gasteiger partial charge < -0.3 is 16.8 Å². The van der Waals surface area contributed by atoms with E-state index in [9.17, 15) is 0 Å². The lowest BCUT2D eigenvalue weighted by atomic mass is 10.1. The van der Waals surface area contributed by atoms with Crippen molar-refractivity contribution in [3.8, 4) is 0 Å². The Hall–Kier alpha value is -0.120. The van der Waals surface area contributed by atoms with Crippen LogP contribution < -0.4 is 16.8 Å². The molecule has 74 valence electrons. The summed E-state index contributed by atoms with van der Waals surface area (Å²) in [5.74, 6) is 0. The van der Waals surface area contributed by atoms with E-state index in [1.54, 1.807) is 0 Å². The Morgan fingerprint density at radius 1 is 1.25 bits per heavy atom. The van der Waals surface area contributed by atoms with Gasteiger partial charge in [-0.2, -0.15) is 0 Å². The molecule has 0 amide bonds. The van der Waals surface area contributed by atoms with E-state index < -0.39 is 0 Å². The van der Waals surface area contributed by atoms with Gasteiger partial charge in [0.2, 0.25) is 0 Å². The predicted molar refractivity (Wildman–Crippen MR) is 54.0 cm³/mol. The van der Waals surface area contributed by atoms with Crippen molar-refractivity contribution >= 4 is 0 Å². The topological polar surface area (TPSA) is 64.1 Å². The van der Waals surface area contributed by atoms with Gasteiger partial charge in [-0.1, -0.05) is 0 Å². The van der Waals surface area contributed by atoms with Crippen LogP contribution in [0, 0.1) is 0 Å². The second-order valence-corrected chi connectivity index (χ2v) is 3.55. The molecule has 12 heavy (non-hydrogen) atoms. The van der Waals surface area contributed by atoms with E-state index in [2.05, 4.69) is 12.2 Å². The molecule has 2 unspecified atom stereocenters. The molecule has 0 aromatic carbocycles. The summed E-state index contributed by atoms with van der Waals surface area (Å²) in [5, 5.41) is 3.40. The number of rotatable bonds is 7. The Kier molecular flexibility index (Phi) is 7.45. The van der Waals surface area contributed by atoms with Gasteiger partial charge in [0.05, 0.1) is 0 Å². The summed E-state index contributed by atoms with van der Waals surface area (Å²) in [6.45, 7) is 6.04. The van der Waals surface area contributed by atoms with E-state index in [-0.39, 0.29) is 0 Å². The van der Waals surface area contributed by atoms with Gasteiger partial charge >= 0.3 is 0 Å². The fourth-order valence-corrected chi connectivity index (χ4v) is 1.07. The predicted octanol–water partition coefficient (Wildman–Crippen LogP) is 0.441. The van der Waals surface area contributed by atoms with E-state index in [0.717, 1.165) is 32.4 Å². The van der Waals surface area contributed by atoms with Gasteiger partial charge in [0, 0.05) is 12.1 Å². The highest BCUT2D eigenvalue weighted by Crippen LogP contribution is 1.98. The van der Waals surface area contributed by atoms with Crippen LogP contribution in [0.3, 0.4) is 0 Å². The largest absolute Gasteiger partial charge is 0.330 e. The fraction of sp³-hybridized carbons (Fsp3) is 1.00. The molecule has 0 bridgehead atoms. The van der Waals surface area contributed by atoms with Gasteiger partial charge in [0.15, 0.2) is 0 Å². The van der Waals surface area contributed by atoms with Crippen molar-refractivity contribution in [1.82, 2.24) is 5.32 Å². The number of nitrogens with one attached hydrogen (secondary N) is 1. The molecule has 0 heterocycles. The van der Waals surface area contributed by atoms with E-state index in [1.807, 2.05) is 6.92 Å². The Bertz CT molecular complexity index is 93.8. The molecule has 0 aliphatic rings. The van der Waals surface area contributed by atoms with E-state index in [1.165, 1.54) is 0 Å². The van der Waals surface area contributed by atoms with Crippen LogP contribution in [0.4, 0.5) is 0 Å². The third-order valence-corrected chi connectivity index (χ3v) is 1.93. The average molecular weight is 173 g/mol. The molecule has 2 atom stereocenters. The van der Waals surface area contributed by atoms with Crippen molar-refractivity contribution in [3.05, 3.63) is 0 Å². The molecule has 0 rings (SSSR count). The molecule has 0 saturated carbocycles. The molecule has 0 radical (unpaired) electrons. The maximum atomic E-state index is 5.65. The Balaban J connectivity index is 3.15. The standard InChI is InChI=1S/C9H23N3/c1-8(11)4-5-9(2)12-7-3-6-10/h8-9,12H,3-7,10-11H2,1-2H3. The third kappa shape index (κ3) is 7.98. The lowest BCUT2D eigenvalue weighted by molar-refractivity contribution is 0.473. The van der Waals surface area contributed by atoms with Crippen LogP contribution in [0.1, 0.15) is 33.1 Å². The zero-order valence-corrected chi connectivity index (χ0v) is 8.34. The molecule has 0 spiro atoms. The van der Waals surface area contributed by atoms with Gasteiger partial charge in [-0.05, 0) is 46.2 Å². The maximum absolute atomic E-state index is 5.65. The Morgan fingerprint density at radius 3 is 2.42 bits per heavy atom. The molecular weight excluding hydrogens is 150 g/mol. The Morgan fingerprint density at radius 2 is 1.92 bits per heavy atom. The first-order valence-corrected chi connectivity index (χ1v) is 4.86. The minimum atomic E-state index is 0.323. The third-order valence-electron chi connectivity index (χ3n) is 1.93. The van der Waals surface area contributed by atoms with Gasteiger partial charge in [0.25, 0.3) is 0 Å². The van der Waals surface area contributed by atoms with Crippen LogP contribution in [-0.2, 0) is 0 Å². The van der Waals surface area contributed by atoms with Crippen molar-refractivity contribution in [2.24, 2.45) is 11.5 Å². The van der Waals surface area contributed by atoms with Gasteiger partial charge in [0.1, 0.15) is 0 Å². The minimum absolute atomic E-state index is 0.323. The van der Waals surface area contributed by atoms with E-state index in [0.29, 0.717) is 12.1 Å². The first kappa shape index (κ1) is 11.9. The summed E-state index contributed by atoms with van der Waals surface area (Å²) in [6, 6.07) is 0.895. The first-order chi connectivity index (χ1) is 5.66. The molecular formula is C9H23N3. The highest BCUT2D eigenvalue weighted by Gasteiger charge is 2.01. The normalized spacial score (nSPS) is 16.0. The van der Waals surface area contributed by atoms with Crippen LogP contribution in [0.2, 0.25) is 0 Å². The van der Waals surface area contributed by atoms with Crippen molar-refractivity contribution in [2.45, 2.75) is 45.2 Å². The quantitative estimate of drug-likeness (QED) is 0.490. The fourth-order valence-electron chi connectivity index (χ4n) is 1.07. The zero-order chi connectivity index (χ0) is 9.40. The highest BCUT2D eigenvalue weighted by atomic mass is 14.9. The van der Waals surface area contributed by atoms with Crippen molar-refractivity contribution in [2.75, 3.05) is 13.1 Å². The second-order valence-electron chi connectivity index (χ2n) is 3.55. The van der Waals surface area contributed by atoms with Crippen molar-refractivity contribution < 1.29 is 0 Å². The molecule has 0 aromatic heterocycles. The van der Waals surface area contributed by atoms with Crippen LogP contribution in [-0.4, -0.2) is 25.2 Å². The van der Waals surface area contributed by atoms with Crippen LogP contribution >= 0.6 is 0 Å². The van der Waals surface area contributed by atoms with Crippen molar-refractivity contribution in [3.63, 3.8) is 0 Å². The number of hydrogen-bond donors (Lipinski definition) is 3. The molecule has 0 aliphatic heterocycles. The molecule has 0 fully saturated rings. The molecule has 3 heteroatoms. The smallest absolute Gasteiger partial charge is 0.00393 e. The molecule has 3 nitrogen and oxygen atoms in total. The lowest BCUT2D eigenvalue weighted by Crippen LogP contribution is -2.30. The molecule has 0 aromatic rings. The van der Waals surface area contributed by atoms with Gasteiger partial charge in [-0.3, -0.25) is 0 Å². The first-order valence-electron chi connectivity index (χ1n) is 4.86. The molecule has 0 aliphatic carbocycles. The number of nitrogens with two attached hydrogens (primary N) is 2. The SMILES string of the molecule is CC(N)CCC(C)NCCCN. The summed E-state index contributed by atoms with van der Waals surface area (Å²) < 4.78 is 0. The minimum Gasteiger partial charge on any atom is -0.330 e. The lowest BCUT2D eigenvalue weighted by Gasteiger charge is -2.14. The van der Waals surface area contributed by atoms with Crippen molar-refractivity contribution in [1.29, 1.82) is 0 Å². The summed E-state index contributed by atoms with van der Waals surface area (Å²) in [7, 11) is 0. The maximum Gasteiger partial charge on any atom is 0.00393 e. The summed E-state index contributed by atoms with van der Waals surface area (Å²) in [6.07, 6.45) is 3.31. The zero-order valence-electron chi connectivity index (χ0n) is 8.34. The monoisotopic (exact) mass is 173 g/mol. The van der Waals surface area contributed by atoms with Gasteiger partial charge in [-0.15, -0.1) is 0 Å².